The summed E-state index contributed by atoms with van der Waals surface area (Å²) in [5.41, 5.74) is 0. The van der Waals surface area contributed by atoms with Gasteiger partial charge < -0.3 is 0 Å². The van der Waals surface area contributed by atoms with Gasteiger partial charge in [0, 0.05) is 12.6 Å². The molecule has 0 aromatic heterocycles. The highest BCUT2D eigenvalue weighted by atomic mass is 15.2. The van der Waals surface area contributed by atoms with Gasteiger partial charge in [0.1, 0.15) is 0 Å². The molecule has 2 heterocycles. The van der Waals surface area contributed by atoms with Crippen molar-refractivity contribution in [3.8, 4) is 0 Å². The van der Waals surface area contributed by atoms with Gasteiger partial charge in [-0.3, -0.25) is 4.90 Å². The lowest BCUT2D eigenvalue weighted by atomic mass is 9.64. The first-order chi connectivity index (χ1) is 8.92. The largest absolute Gasteiger partial charge is 0.300 e. The first-order valence-corrected chi connectivity index (χ1v) is 8.66. The summed E-state index contributed by atoms with van der Waals surface area (Å²) in [7, 11) is 0. The van der Waals surface area contributed by atoms with Crippen molar-refractivity contribution in [3.63, 3.8) is 0 Å². The Balaban J connectivity index is 1.51. The van der Waals surface area contributed by atoms with Crippen molar-refractivity contribution in [1.82, 2.24) is 4.90 Å². The Morgan fingerprint density at radius 2 is 1.39 bits per heavy atom. The fourth-order valence-electron chi connectivity index (χ4n) is 5.87. The van der Waals surface area contributed by atoms with Crippen molar-refractivity contribution in [3.05, 3.63) is 0 Å². The van der Waals surface area contributed by atoms with Crippen LogP contribution in [0.3, 0.4) is 0 Å². The molecule has 4 fully saturated rings. The van der Waals surface area contributed by atoms with Crippen molar-refractivity contribution in [2.45, 2.75) is 70.3 Å². The maximum absolute atomic E-state index is 2.93. The van der Waals surface area contributed by atoms with Crippen LogP contribution in [-0.4, -0.2) is 24.0 Å². The Labute approximate surface area is 112 Å². The van der Waals surface area contributed by atoms with Gasteiger partial charge in [-0.05, 0) is 55.9 Å². The molecule has 2 aliphatic carbocycles. The molecule has 0 aromatic carbocycles. The molecule has 2 saturated heterocycles. The third-order valence-electron chi connectivity index (χ3n) is 6.80. The van der Waals surface area contributed by atoms with Crippen LogP contribution in [0.25, 0.3) is 0 Å². The molecule has 1 heteroatoms. The fraction of sp³-hybridized carbons (Fsp3) is 1.00. The topological polar surface area (TPSA) is 3.24 Å². The van der Waals surface area contributed by atoms with Crippen LogP contribution in [0.5, 0.6) is 0 Å². The molecule has 4 rings (SSSR count). The lowest BCUT2D eigenvalue weighted by Gasteiger charge is -2.54. The summed E-state index contributed by atoms with van der Waals surface area (Å²) in [6.07, 6.45) is 15.4. The summed E-state index contributed by atoms with van der Waals surface area (Å²) in [5.74, 6) is 4.39. The Morgan fingerprint density at radius 1 is 0.667 bits per heavy atom. The standard InChI is InChI=1S/C17H29N/c1-2-7-15-12-18-10-9-13-5-3-4-8-16(13)17(18)11-14(15)6-1/h13-17H,1-12H2. The van der Waals surface area contributed by atoms with Crippen molar-refractivity contribution >= 4 is 0 Å². The summed E-state index contributed by atoms with van der Waals surface area (Å²) in [6.45, 7) is 2.91. The second kappa shape index (κ2) is 4.81. The van der Waals surface area contributed by atoms with Crippen molar-refractivity contribution in [2.24, 2.45) is 23.7 Å². The minimum Gasteiger partial charge on any atom is -0.300 e. The zero-order valence-electron chi connectivity index (χ0n) is 11.8. The van der Waals surface area contributed by atoms with Crippen LogP contribution >= 0.6 is 0 Å². The number of hydrogen-bond acceptors (Lipinski definition) is 1. The maximum atomic E-state index is 2.93. The van der Waals surface area contributed by atoms with Crippen LogP contribution in [0.2, 0.25) is 0 Å². The van der Waals surface area contributed by atoms with E-state index in [0.717, 1.165) is 29.7 Å². The molecule has 0 spiro atoms. The van der Waals surface area contributed by atoms with Gasteiger partial charge in [0.25, 0.3) is 0 Å². The molecule has 4 aliphatic rings. The molecule has 0 radical (unpaired) electrons. The Bertz CT molecular complexity index is 298. The van der Waals surface area contributed by atoms with Gasteiger partial charge in [-0.15, -0.1) is 0 Å². The third-order valence-corrected chi connectivity index (χ3v) is 6.80. The Morgan fingerprint density at radius 3 is 2.28 bits per heavy atom. The van der Waals surface area contributed by atoms with E-state index in [0.29, 0.717) is 0 Å². The first kappa shape index (κ1) is 11.8. The monoisotopic (exact) mass is 247 g/mol. The molecule has 5 atom stereocenters. The zero-order valence-corrected chi connectivity index (χ0v) is 11.8. The molecule has 0 aromatic rings. The van der Waals surface area contributed by atoms with Crippen molar-refractivity contribution in [2.75, 3.05) is 13.1 Å². The molecule has 0 amide bonds. The minimum absolute atomic E-state index is 1.00. The molecule has 5 unspecified atom stereocenters. The molecule has 18 heavy (non-hydrogen) atoms. The average Bonchev–Trinajstić information content (AvgIpc) is 2.45. The molecule has 2 saturated carbocycles. The van der Waals surface area contributed by atoms with Gasteiger partial charge in [-0.1, -0.05) is 38.5 Å². The SMILES string of the molecule is C1CCC2CN3CCC4CCCCC4C3CC2C1. The van der Waals surface area contributed by atoms with E-state index in [1.807, 2.05) is 0 Å². The zero-order chi connectivity index (χ0) is 11.9. The van der Waals surface area contributed by atoms with E-state index >= 15 is 0 Å². The molecule has 102 valence electrons. The van der Waals surface area contributed by atoms with Gasteiger partial charge in [-0.25, -0.2) is 0 Å². The number of hydrogen-bond donors (Lipinski definition) is 0. The van der Waals surface area contributed by atoms with Crippen molar-refractivity contribution < 1.29 is 0 Å². The van der Waals surface area contributed by atoms with Crippen LogP contribution in [-0.2, 0) is 0 Å². The van der Waals surface area contributed by atoms with E-state index in [1.54, 1.807) is 32.1 Å². The van der Waals surface area contributed by atoms with Crippen LogP contribution < -0.4 is 0 Å². The summed E-state index contributed by atoms with van der Waals surface area (Å²) in [6, 6.07) is 1.00. The Hall–Kier alpha value is -0.0400. The van der Waals surface area contributed by atoms with E-state index in [9.17, 15) is 0 Å². The lowest BCUT2D eigenvalue weighted by Crippen LogP contribution is -2.56. The van der Waals surface area contributed by atoms with Gasteiger partial charge in [0.2, 0.25) is 0 Å². The fourth-order valence-corrected chi connectivity index (χ4v) is 5.87. The normalized spacial score (nSPS) is 49.0. The summed E-state index contributed by atoms with van der Waals surface area (Å²) >= 11 is 0. The lowest BCUT2D eigenvalue weighted by molar-refractivity contribution is -0.0467. The molecule has 0 bridgehead atoms. The van der Waals surface area contributed by atoms with Gasteiger partial charge in [0.05, 0.1) is 0 Å². The molecular weight excluding hydrogens is 218 g/mol. The van der Waals surface area contributed by atoms with E-state index in [2.05, 4.69) is 4.90 Å². The second-order valence-corrected chi connectivity index (χ2v) is 7.60. The molecule has 2 aliphatic heterocycles. The van der Waals surface area contributed by atoms with E-state index in [1.165, 1.54) is 45.2 Å². The minimum atomic E-state index is 1.00. The highest BCUT2D eigenvalue weighted by molar-refractivity contribution is 4.97. The van der Waals surface area contributed by atoms with E-state index in [-0.39, 0.29) is 0 Å². The van der Waals surface area contributed by atoms with Crippen LogP contribution in [0.1, 0.15) is 64.2 Å². The maximum Gasteiger partial charge on any atom is 0.0129 e. The van der Waals surface area contributed by atoms with Gasteiger partial charge in [-0.2, -0.15) is 0 Å². The average molecular weight is 247 g/mol. The predicted octanol–water partition coefficient (Wildman–Crippen LogP) is 4.08. The van der Waals surface area contributed by atoms with Crippen LogP contribution in [0.15, 0.2) is 0 Å². The number of piperidine rings is 2. The second-order valence-electron chi connectivity index (χ2n) is 7.60. The molecule has 1 nitrogen and oxygen atoms in total. The smallest absolute Gasteiger partial charge is 0.0129 e. The predicted molar refractivity (Wildman–Crippen MR) is 75.5 cm³/mol. The van der Waals surface area contributed by atoms with Crippen molar-refractivity contribution in [1.29, 1.82) is 0 Å². The number of fused-ring (bicyclic) bond motifs is 4. The highest BCUT2D eigenvalue weighted by Crippen LogP contribution is 2.47. The van der Waals surface area contributed by atoms with Crippen LogP contribution in [0, 0.1) is 23.7 Å². The van der Waals surface area contributed by atoms with E-state index in [4.69, 9.17) is 0 Å². The summed E-state index contributed by atoms with van der Waals surface area (Å²) < 4.78 is 0. The van der Waals surface area contributed by atoms with E-state index < -0.39 is 0 Å². The van der Waals surface area contributed by atoms with Gasteiger partial charge in [0.15, 0.2) is 0 Å². The number of nitrogens with zero attached hydrogens (tertiary/aromatic N) is 1. The van der Waals surface area contributed by atoms with Gasteiger partial charge >= 0.3 is 0 Å². The quantitative estimate of drug-likeness (QED) is 0.623. The third kappa shape index (κ3) is 1.94. The summed E-state index contributed by atoms with van der Waals surface area (Å²) in [5, 5.41) is 0. The van der Waals surface area contributed by atoms with Crippen LogP contribution in [0.4, 0.5) is 0 Å². The summed E-state index contributed by atoms with van der Waals surface area (Å²) in [4.78, 5) is 2.93. The first-order valence-electron chi connectivity index (χ1n) is 8.66. The Kier molecular flexibility index (Phi) is 3.14. The number of rotatable bonds is 0. The molecular formula is C17H29N. The molecule has 0 N–H and O–H groups in total. The highest BCUT2D eigenvalue weighted by Gasteiger charge is 2.44.